The zero-order valence-corrected chi connectivity index (χ0v) is 13.5. The average Bonchev–Trinajstić information content (AvgIpc) is 2.60. The summed E-state index contributed by atoms with van der Waals surface area (Å²) in [5, 5.41) is 2.78. The van der Waals surface area contributed by atoms with Crippen LogP contribution in [-0.4, -0.2) is 18.5 Å². The van der Waals surface area contributed by atoms with E-state index in [0.29, 0.717) is 23.8 Å². The van der Waals surface area contributed by atoms with Gasteiger partial charge in [0.2, 0.25) is 5.91 Å². The SMILES string of the molecule is CCCOc1ccccc1OC(=O)C1CC(=O)Nc2ccccc21. The number of carbonyl (C=O) groups is 2. The number of para-hydroxylation sites is 3. The molecule has 1 amide bonds. The van der Waals surface area contributed by atoms with Crippen LogP contribution in [0.15, 0.2) is 48.5 Å². The molecule has 0 radical (unpaired) electrons. The molecule has 1 unspecified atom stereocenters. The van der Waals surface area contributed by atoms with Gasteiger partial charge in [-0.1, -0.05) is 37.3 Å². The van der Waals surface area contributed by atoms with Gasteiger partial charge in [0.15, 0.2) is 11.5 Å². The predicted molar refractivity (Wildman–Crippen MR) is 90.3 cm³/mol. The van der Waals surface area contributed by atoms with Gasteiger partial charge < -0.3 is 14.8 Å². The monoisotopic (exact) mass is 325 g/mol. The number of nitrogens with one attached hydrogen (secondary N) is 1. The fourth-order valence-corrected chi connectivity index (χ4v) is 2.67. The third-order valence-electron chi connectivity index (χ3n) is 3.81. The molecule has 1 N–H and O–H groups in total. The van der Waals surface area contributed by atoms with Crippen LogP contribution in [0.25, 0.3) is 0 Å². The minimum Gasteiger partial charge on any atom is -0.490 e. The van der Waals surface area contributed by atoms with Gasteiger partial charge in [-0.3, -0.25) is 9.59 Å². The van der Waals surface area contributed by atoms with Gasteiger partial charge in [-0.2, -0.15) is 0 Å². The Morgan fingerprint density at radius 3 is 2.62 bits per heavy atom. The van der Waals surface area contributed by atoms with Gasteiger partial charge in [-0.15, -0.1) is 0 Å². The summed E-state index contributed by atoms with van der Waals surface area (Å²) < 4.78 is 11.2. The molecule has 0 saturated carbocycles. The highest BCUT2D eigenvalue weighted by molar-refractivity contribution is 6.00. The quantitative estimate of drug-likeness (QED) is 0.675. The van der Waals surface area contributed by atoms with Crippen molar-refractivity contribution in [2.24, 2.45) is 0 Å². The van der Waals surface area contributed by atoms with E-state index >= 15 is 0 Å². The summed E-state index contributed by atoms with van der Waals surface area (Å²) in [6.07, 6.45) is 0.937. The fourth-order valence-electron chi connectivity index (χ4n) is 2.67. The number of benzene rings is 2. The largest absolute Gasteiger partial charge is 0.490 e. The predicted octanol–water partition coefficient (Wildman–Crippen LogP) is 3.51. The lowest BCUT2D eigenvalue weighted by Crippen LogP contribution is -2.29. The Balaban J connectivity index is 1.82. The number of hydrogen-bond donors (Lipinski definition) is 1. The highest BCUT2D eigenvalue weighted by atomic mass is 16.6. The van der Waals surface area contributed by atoms with Crippen molar-refractivity contribution in [1.82, 2.24) is 0 Å². The number of ether oxygens (including phenoxy) is 2. The van der Waals surface area contributed by atoms with E-state index in [2.05, 4.69) is 5.32 Å². The minimum absolute atomic E-state index is 0.0772. The van der Waals surface area contributed by atoms with Crippen LogP contribution in [0.2, 0.25) is 0 Å². The van der Waals surface area contributed by atoms with E-state index in [9.17, 15) is 9.59 Å². The molecule has 24 heavy (non-hydrogen) atoms. The number of hydrogen-bond acceptors (Lipinski definition) is 4. The van der Waals surface area contributed by atoms with E-state index in [1.54, 1.807) is 24.3 Å². The van der Waals surface area contributed by atoms with Gasteiger partial charge in [-0.25, -0.2) is 0 Å². The first-order valence-electron chi connectivity index (χ1n) is 8.01. The number of rotatable bonds is 5. The van der Waals surface area contributed by atoms with E-state index in [-0.39, 0.29) is 12.3 Å². The molecule has 5 heteroatoms. The topological polar surface area (TPSA) is 64.6 Å². The lowest BCUT2D eigenvalue weighted by atomic mass is 9.91. The summed E-state index contributed by atoms with van der Waals surface area (Å²) in [6, 6.07) is 14.3. The molecule has 1 aliphatic heterocycles. The Morgan fingerprint density at radius 1 is 1.12 bits per heavy atom. The number of esters is 1. The molecule has 2 aromatic rings. The van der Waals surface area contributed by atoms with Gasteiger partial charge in [0.05, 0.1) is 12.5 Å². The van der Waals surface area contributed by atoms with Crippen LogP contribution in [0.1, 0.15) is 31.2 Å². The molecule has 5 nitrogen and oxygen atoms in total. The van der Waals surface area contributed by atoms with Crippen molar-refractivity contribution < 1.29 is 19.1 Å². The van der Waals surface area contributed by atoms with E-state index in [4.69, 9.17) is 9.47 Å². The lowest BCUT2D eigenvalue weighted by Gasteiger charge is -2.24. The zero-order chi connectivity index (χ0) is 16.9. The summed E-state index contributed by atoms with van der Waals surface area (Å²) in [7, 11) is 0. The molecule has 0 spiro atoms. The Hall–Kier alpha value is -2.82. The van der Waals surface area contributed by atoms with Crippen molar-refractivity contribution in [1.29, 1.82) is 0 Å². The second-order valence-electron chi connectivity index (χ2n) is 5.61. The van der Waals surface area contributed by atoms with E-state index in [1.807, 2.05) is 31.2 Å². The van der Waals surface area contributed by atoms with Crippen LogP contribution >= 0.6 is 0 Å². The molecular weight excluding hydrogens is 306 g/mol. The first kappa shape index (κ1) is 16.1. The second-order valence-corrected chi connectivity index (χ2v) is 5.61. The van der Waals surface area contributed by atoms with Crippen molar-refractivity contribution >= 4 is 17.6 Å². The van der Waals surface area contributed by atoms with Gasteiger partial charge >= 0.3 is 5.97 Å². The van der Waals surface area contributed by atoms with Crippen LogP contribution in [-0.2, 0) is 9.59 Å². The zero-order valence-electron chi connectivity index (χ0n) is 13.5. The summed E-state index contributed by atoms with van der Waals surface area (Å²) in [5.74, 6) is -0.356. The van der Waals surface area contributed by atoms with E-state index < -0.39 is 11.9 Å². The molecule has 0 saturated heterocycles. The van der Waals surface area contributed by atoms with E-state index in [1.165, 1.54) is 0 Å². The molecule has 1 heterocycles. The molecular formula is C19H19NO4. The maximum Gasteiger partial charge on any atom is 0.319 e. The summed E-state index contributed by atoms with van der Waals surface area (Å²) in [5.41, 5.74) is 1.43. The van der Waals surface area contributed by atoms with Gasteiger partial charge in [0, 0.05) is 12.1 Å². The van der Waals surface area contributed by atoms with Crippen LogP contribution < -0.4 is 14.8 Å². The molecule has 1 atom stereocenters. The Morgan fingerprint density at radius 2 is 1.83 bits per heavy atom. The summed E-state index contributed by atoms with van der Waals surface area (Å²) >= 11 is 0. The van der Waals surface area contributed by atoms with Crippen LogP contribution in [0, 0.1) is 0 Å². The van der Waals surface area contributed by atoms with Crippen LogP contribution in [0.5, 0.6) is 11.5 Å². The van der Waals surface area contributed by atoms with Crippen molar-refractivity contribution in [3.05, 3.63) is 54.1 Å². The Bertz CT molecular complexity index is 757. The maximum atomic E-state index is 12.6. The van der Waals surface area contributed by atoms with Gasteiger partial charge in [-0.05, 0) is 30.2 Å². The van der Waals surface area contributed by atoms with Crippen molar-refractivity contribution in [2.75, 3.05) is 11.9 Å². The maximum absolute atomic E-state index is 12.6. The molecule has 1 aliphatic rings. The highest BCUT2D eigenvalue weighted by Crippen LogP contribution is 2.34. The standard InChI is InChI=1S/C19H19NO4/c1-2-11-23-16-9-5-6-10-17(16)24-19(22)14-12-18(21)20-15-8-4-3-7-13(14)15/h3-10,14H,2,11-12H2,1H3,(H,20,21). The highest BCUT2D eigenvalue weighted by Gasteiger charge is 2.32. The van der Waals surface area contributed by atoms with E-state index in [0.717, 1.165) is 12.0 Å². The molecule has 0 bridgehead atoms. The second kappa shape index (κ2) is 7.17. The average molecular weight is 325 g/mol. The van der Waals surface area contributed by atoms with Crippen molar-refractivity contribution in [3.63, 3.8) is 0 Å². The third kappa shape index (κ3) is 3.40. The lowest BCUT2D eigenvalue weighted by molar-refractivity contribution is -0.138. The first-order valence-corrected chi connectivity index (χ1v) is 8.01. The van der Waals surface area contributed by atoms with Gasteiger partial charge in [0.25, 0.3) is 0 Å². The van der Waals surface area contributed by atoms with Crippen LogP contribution in [0.4, 0.5) is 5.69 Å². The molecule has 124 valence electrons. The van der Waals surface area contributed by atoms with Gasteiger partial charge in [0.1, 0.15) is 0 Å². The fraction of sp³-hybridized carbons (Fsp3) is 0.263. The normalized spacial score (nSPS) is 16.0. The molecule has 0 aliphatic carbocycles. The number of fused-ring (bicyclic) bond motifs is 1. The van der Waals surface area contributed by atoms with Crippen molar-refractivity contribution in [2.45, 2.75) is 25.7 Å². The third-order valence-corrected chi connectivity index (χ3v) is 3.81. The first-order chi connectivity index (χ1) is 11.7. The van der Waals surface area contributed by atoms with Crippen molar-refractivity contribution in [3.8, 4) is 11.5 Å². The molecule has 0 aromatic heterocycles. The summed E-state index contributed by atoms with van der Waals surface area (Å²) in [6.45, 7) is 2.55. The smallest absolute Gasteiger partial charge is 0.319 e. The Labute approximate surface area is 140 Å². The summed E-state index contributed by atoms with van der Waals surface area (Å²) in [4.78, 5) is 24.5. The molecule has 3 rings (SSSR count). The van der Waals surface area contributed by atoms with Crippen LogP contribution in [0.3, 0.4) is 0 Å². The molecule has 0 fully saturated rings. The minimum atomic E-state index is -0.616. The number of carbonyl (C=O) groups excluding carboxylic acids is 2. The molecule has 2 aromatic carbocycles. The Kier molecular flexibility index (Phi) is 4.79. The number of anilines is 1. The number of amides is 1.